The first-order valence-corrected chi connectivity index (χ1v) is 8.52. The normalized spacial score (nSPS) is 11.8. The molecule has 0 bridgehead atoms. The first-order chi connectivity index (χ1) is 9.29. The van der Waals surface area contributed by atoms with Crippen molar-refractivity contribution in [3.05, 3.63) is 38.9 Å². The van der Waals surface area contributed by atoms with E-state index >= 15 is 0 Å². The van der Waals surface area contributed by atoms with Gasteiger partial charge in [-0.05, 0) is 50.9 Å². The average Bonchev–Trinajstić information content (AvgIpc) is 2.71. The van der Waals surface area contributed by atoms with Gasteiger partial charge in [0.2, 0.25) is 15.9 Å². The van der Waals surface area contributed by atoms with Gasteiger partial charge in [-0.25, -0.2) is 18.1 Å². The van der Waals surface area contributed by atoms with Crippen LogP contribution in [0.4, 0.5) is 5.69 Å². The second-order valence-electron chi connectivity index (χ2n) is 4.00. The summed E-state index contributed by atoms with van der Waals surface area (Å²) < 4.78 is 33.0. The molecule has 0 aliphatic carbocycles. The third kappa shape index (κ3) is 3.40. The minimum atomic E-state index is -3.73. The van der Waals surface area contributed by atoms with Crippen LogP contribution in [0, 0.1) is 6.92 Å². The molecule has 0 spiro atoms. The van der Waals surface area contributed by atoms with Gasteiger partial charge < -0.3 is 10.2 Å². The molecule has 0 radical (unpaired) electrons. The van der Waals surface area contributed by atoms with Gasteiger partial charge in [-0.3, -0.25) is 0 Å². The zero-order valence-corrected chi connectivity index (χ0v) is 14.3. The Labute approximate surface area is 133 Å². The molecule has 9 heteroatoms. The standard InChI is InChI=1S/C11H11Br2N3O3S/c1-6-4-15-10(19-6)5-16-20(17,18)11-8(12)2-7(14)3-9(11)13/h2-4,16H,5,14H2,1H3. The van der Waals surface area contributed by atoms with Crippen LogP contribution >= 0.6 is 31.9 Å². The van der Waals surface area contributed by atoms with Gasteiger partial charge in [-0.15, -0.1) is 0 Å². The van der Waals surface area contributed by atoms with Crippen molar-refractivity contribution in [1.82, 2.24) is 9.71 Å². The van der Waals surface area contributed by atoms with E-state index < -0.39 is 10.0 Å². The molecule has 0 saturated heterocycles. The molecule has 1 aromatic carbocycles. The van der Waals surface area contributed by atoms with Crippen molar-refractivity contribution in [2.24, 2.45) is 0 Å². The van der Waals surface area contributed by atoms with Crippen LogP contribution in [-0.4, -0.2) is 13.4 Å². The van der Waals surface area contributed by atoms with Gasteiger partial charge in [0.05, 0.1) is 12.7 Å². The number of benzene rings is 1. The fraction of sp³-hybridized carbons (Fsp3) is 0.182. The van der Waals surface area contributed by atoms with Crippen molar-refractivity contribution in [1.29, 1.82) is 0 Å². The van der Waals surface area contributed by atoms with E-state index in [2.05, 4.69) is 41.6 Å². The minimum absolute atomic E-state index is 0.0283. The Morgan fingerprint density at radius 1 is 1.35 bits per heavy atom. The van der Waals surface area contributed by atoms with Gasteiger partial charge >= 0.3 is 0 Å². The topological polar surface area (TPSA) is 98.2 Å². The van der Waals surface area contributed by atoms with E-state index in [9.17, 15) is 8.42 Å². The predicted octanol–water partition coefficient (Wildman–Crippen LogP) is 2.57. The summed E-state index contributed by atoms with van der Waals surface area (Å²) in [5.41, 5.74) is 6.09. The molecule has 0 aliphatic rings. The van der Waals surface area contributed by atoms with Crippen LogP contribution in [0.3, 0.4) is 0 Å². The summed E-state index contributed by atoms with van der Waals surface area (Å²) in [5.74, 6) is 0.919. The summed E-state index contributed by atoms with van der Waals surface area (Å²) in [6, 6.07) is 3.04. The van der Waals surface area contributed by atoms with E-state index in [0.29, 0.717) is 26.3 Å². The number of oxazole rings is 1. The van der Waals surface area contributed by atoms with E-state index in [4.69, 9.17) is 10.2 Å². The second kappa shape index (κ2) is 5.84. The van der Waals surface area contributed by atoms with Gasteiger partial charge in [0.25, 0.3) is 0 Å². The summed E-state index contributed by atoms with van der Waals surface area (Å²) >= 11 is 6.39. The summed E-state index contributed by atoms with van der Waals surface area (Å²) in [4.78, 5) is 4.01. The number of sulfonamides is 1. The highest BCUT2D eigenvalue weighted by Gasteiger charge is 2.22. The molecule has 0 fully saturated rings. The summed E-state index contributed by atoms with van der Waals surface area (Å²) in [6.45, 7) is 1.71. The van der Waals surface area contributed by atoms with Crippen LogP contribution in [0.25, 0.3) is 0 Å². The summed E-state index contributed by atoms with van der Waals surface area (Å²) in [6.07, 6.45) is 1.53. The Balaban J connectivity index is 2.27. The molecule has 1 heterocycles. The zero-order chi connectivity index (χ0) is 14.9. The molecular formula is C11H11Br2N3O3S. The monoisotopic (exact) mass is 423 g/mol. The molecule has 0 amide bonds. The van der Waals surface area contributed by atoms with Crippen LogP contribution in [-0.2, 0) is 16.6 Å². The van der Waals surface area contributed by atoms with Crippen LogP contribution in [0.2, 0.25) is 0 Å². The Kier molecular flexibility index (Phi) is 4.52. The number of nitrogens with one attached hydrogen (secondary N) is 1. The highest BCUT2D eigenvalue weighted by molar-refractivity contribution is 9.11. The first-order valence-electron chi connectivity index (χ1n) is 5.45. The number of nitrogen functional groups attached to an aromatic ring is 1. The molecule has 108 valence electrons. The maximum Gasteiger partial charge on any atom is 0.243 e. The lowest BCUT2D eigenvalue weighted by atomic mass is 10.3. The van der Waals surface area contributed by atoms with Gasteiger partial charge in [0.15, 0.2) is 0 Å². The van der Waals surface area contributed by atoms with Gasteiger partial charge in [0.1, 0.15) is 10.7 Å². The number of aryl methyl sites for hydroxylation is 1. The van der Waals surface area contributed by atoms with E-state index in [-0.39, 0.29) is 11.4 Å². The second-order valence-corrected chi connectivity index (χ2v) is 7.42. The Morgan fingerprint density at radius 3 is 2.45 bits per heavy atom. The zero-order valence-electron chi connectivity index (χ0n) is 10.4. The molecule has 6 nitrogen and oxygen atoms in total. The average molecular weight is 425 g/mol. The molecule has 1 aromatic heterocycles. The highest BCUT2D eigenvalue weighted by Crippen LogP contribution is 2.32. The molecular weight excluding hydrogens is 414 g/mol. The summed E-state index contributed by atoms with van der Waals surface area (Å²) in [7, 11) is -3.73. The number of anilines is 1. The van der Waals surface area contributed by atoms with Crippen molar-refractivity contribution in [2.75, 3.05) is 5.73 Å². The van der Waals surface area contributed by atoms with Gasteiger partial charge in [-0.2, -0.15) is 0 Å². The Bertz CT molecular complexity index is 720. The van der Waals surface area contributed by atoms with Crippen molar-refractivity contribution in [3.63, 3.8) is 0 Å². The van der Waals surface area contributed by atoms with Crippen LogP contribution in [0.5, 0.6) is 0 Å². The number of halogens is 2. The predicted molar refractivity (Wildman–Crippen MR) is 81.5 cm³/mol. The third-order valence-electron chi connectivity index (χ3n) is 2.37. The smallest absolute Gasteiger partial charge is 0.243 e. The van der Waals surface area contributed by atoms with Crippen molar-refractivity contribution in [3.8, 4) is 0 Å². The van der Waals surface area contributed by atoms with E-state index in [1.54, 1.807) is 6.92 Å². The maximum atomic E-state index is 12.3. The number of aromatic nitrogens is 1. The fourth-order valence-electron chi connectivity index (χ4n) is 1.55. The van der Waals surface area contributed by atoms with Gasteiger partial charge in [-0.1, -0.05) is 0 Å². The molecule has 20 heavy (non-hydrogen) atoms. The van der Waals surface area contributed by atoms with Crippen LogP contribution in [0.15, 0.2) is 36.6 Å². The molecule has 2 rings (SSSR count). The number of hydrogen-bond donors (Lipinski definition) is 2. The maximum absolute atomic E-state index is 12.3. The molecule has 2 aromatic rings. The quantitative estimate of drug-likeness (QED) is 0.735. The minimum Gasteiger partial charge on any atom is -0.445 e. The number of rotatable bonds is 4. The molecule has 0 atom stereocenters. The number of nitrogens with two attached hydrogens (primary N) is 1. The van der Waals surface area contributed by atoms with Crippen molar-refractivity contribution >= 4 is 47.6 Å². The number of hydrogen-bond acceptors (Lipinski definition) is 5. The number of nitrogens with zero attached hydrogens (tertiary/aromatic N) is 1. The Hall–Kier alpha value is -0.900. The van der Waals surface area contributed by atoms with Crippen LogP contribution in [0.1, 0.15) is 11.7 Å². The SMILES string of the molecule is Cc1cnc(CNS(=O)(=O)c2c(Br)cc(N)cc2Br)o1. The largest absolute Gasteiger partial charge is 0.445 e. The van der Waals surface area contributed by atoms with E-state index in [0.717, 1.165) is 0 Å². The first kappa shape index (κ1) is 15.5. The lowest BCUT2D eigenvalue weighted by molar-refractivity contribution is 0.463. The fourth-order valence-corrected chi connectivity index (χ4v) is 5.14. The molecule has 3 N–H and O–H groups in total. The Morgan fingerprint density at radius 2 is 1.95 bits per heavy atom. The lowest BCUT2D eigenvalue weighted by Crippen LogP contribution is -2.24. The van der Waals surface area contributed by atoms with E-state index in [1.807, 2.05) is 0 Å². The molecule has 0 aliphatic heterocycles. The lowest BCUT2D eigenvalue weighted by Gasteiger charge is -2.10. The van der Waals surface area contributed by atoms with Crippen LogP contribution < -0.4 is 10.5 Å². The van der Waals surface area contributed by atoms with E-state index in [1.165, 1.54) is 18.3 Å². The highest BCUT2D eigenvalue weighted by atomic mass is 79.9. The third-order valence-corrected chi connectivity index (χ3v) is 5.65. The van der Waals surface area contributed by atoms with Crippen molar-refractivity contribution in [2.45, 2.75) is 18.4 Å². The van der Waals surface area contributed by atoms with Crippen molar-refractivity contribution < 1.29 is 12.8 Å². The molecule has 0 saturated carbocycles. The molecule has 0 unspecified atom stereocenters. The van der Waals surface area contributed by atoms with Gasteiger partial charge in [0, 0.05) is 14.6 Å². The summed E-state index contributed by atoms with van der Waals surface area (Å²) in [5, 5.41) is 0.